The summed E-state index contributed by atoms with van der Waals surface area (Å²) in [4.78, 5) is 11.6. The molecule has 0 bridgehead atoms. The second-order valence-electron chi connectivity index (χ2n) is 3.74. The van der Waals surface area contributed by atoms with Crippen LogP contribution in [-0.2, 0) is 17.4 Å². The van der Waals surface area contributed by atoms with Crippen molar-refractivity contribution in [2.75, 3.05) is 0 Å². The van der Waals surface area contributed by atoms with E-state index in [-0.39, 0.29) is 5.56 Å². The molecule has 1 aromatic heterocycles. The summed E-state index contributed by atoms with van der Waals surface area (Å²) in [5.74, 6) is 0. The van der Waals surface area contributed by atoms with Gasteiger partial charge in [0.05, 0.1) is 5.69 Å². The van der Waals surface area contributed by atoms with E-state index in [0.29, 0.717) is 0 Å². The summed E-state index contributed by atoms with van der Waals surface area (Å²) >= 11 is 0. The van der Waals surface area contributed by atoms with E-state index in [1.54, 1.807) is 10.7 Å². The molecule has 0 aliphatic heterocycles. The van der Waals surface area contributed by atoms with Crippen molar-refractivity contribution in [1.29, 1.82) is 0 Å². The minimum atomic E-state index is -4.67. The van der Waals surface area contributed by atoms with Crippen LogP contribution in [0.4, 0.5) is 0 Å². The second-order valence-corrected chi connectivity index (χ2v) is 4.64. The van der Waals surface area contributed by atoms with Crippen LogP contribution in [0.1, 0.15) is 5.69 Å². The van der Waals surface area contributed by atoms with Crippen molar-refractivity contribution in [3.8, 4) is 5.69 Å². The maximum atomic E-state index is 11.6. The van der Waals surface area contributed by atoms with E-state index >= 15 is 0 Å². The third kappa shape index (κ3) is 4.70. The summed E-state index contributed by atoms with van der Waals surface area (Å²) in [6.07, 6.45) is 0. The minimum Gasteiger partial charge on any atom is -0.285 e. The van der Waals surface area contributed by atoms with Crippen LogP contribution in [-0.4, -0.2) is 26.9 Å². The maximum Gasteiger partial charge on any atom is 0.394 e. The van der Waals surface area contributed by atoms with E-state index in [4.69, 9.17) is 17.5 Å². The highest BCUT2D eigenvalue weighted by Gasteiger charge is 2.05. The molecule has 2 rings (SSSR count). The predicted molar refractivity (Wildman–Crippen MR) is 69.9 cm³/mol. The van der Waals surface area contributed by atoms with Gasteiger partial charge in [-0.25, -0.2) is 4.68 Å². The molecule has 2 aromatic rings. The van der Waals surface area contributed by atoms with Crippen LogP contribution < -0.4 is 5.56 Å². The summed E-state index contributed by atoms with van der Waals surface area (Å²) < 4.78 is 35.1. The molecule has 8 heteroatoms. The topological polar surface area (TPSA) is 102 Å². The van der Waals surface area contributed by atoms with Crippen LogP contribution in [0.2, 0.25) is 0 Å². The fourth-order valence-corrected chi connectivity index (χ4v) is 1.51. The van der Waals surface area contributed by atoms with Gasteiger partial charge in [0.15, 0.2) is 0 Å². The summed E-state index contributed by atoms with van der Waals surface area (Å²) in [7, 11) is -2.79. The van der Waals surface area contributed by atoms with Crippen LogP contribution in [0, 0.1) is 6.92 Å². The quantitative estimate of drug-likeness (QED) is 0.756. The van der Waals surface area contributed by atoms with Gasteiger partial charge in [-0.3, -0.25) is 18.6 Å². The van der Waals surface area contributed by atoms with Crippen LogP contribution in [0.25, 0.3) is 5.69 Å². The molecule has 0 fully saturated rings. The summed E-state index contributed by atoms with van der Waals surface area (Å²) in [6, 6.07) is 11.2. The van der Waals surface area contributed by atoms with Crippen molar-refractivity contribution in [2.45, 2.75) is 6.92 Å². The lowest BCUT2D eigenvalue weighted by Gasteiger charge is -2.07. The highest BCUT2D eigenvalue weighted by atomic mass is 32.3. The van der Waals surface area contributed by atoms with E-state index in [2.05, 4.69) is 0 Å². The van der Waals surface area contributed by atoms with Crippen molar-refractivity contribution in [2.24, 2.45) is 7.05 Å². The summed E-state index contributed by atoms with van der Waals surface area (Å²) in [5.41, 5.74) is 1.86. The van der Waals surface area contributed by atoms with E-state index in [0.717, 1.165) is 11.4 Å². The monoisotopic (exact) mass is 286 g/mol. The number of aryl methyl sites for hydroxylation is 1. The molecular weight excluding hydrogens is 272 g/mol. The first kappa shape index (κ1) is 15.2. The normalized spacial score (nSPS) is 10.7. The first-order chi connectivity index (χ1) is 8.70. The molecule has 0 radical (unpaired) electrons. The molecule has 0 atom stereocenters. The molecule has 0 aliphatic rings. The lowest BCUT2D eigenvalue weighted by atomic mass is 10.3. The number of hydrogen-bond acceptors (Lipinski definition) is 3. The summed E-state index contributed by atoms with van der Waals surface area (Å²) in [5, 5.41) is 0. The second kappa shape index (κ2) is 5.83. The zero-order valence-electron chi connectivity index (χ0n) is 10.4. The zero-order valence-corrected chi connectivity index (χ0v) is 11.2. The molecule has 0 saturated heterocycles. The third-order valence-electron chi connectivity index (χ3n) is 2.35. The number of hydrogen-bond donors (Lipinski definition) is 2. The number of aromatic nitrogens is 2. The van der Waals surface area contributed by atoms with Gasteiger partial charge in [0.1, 0.15) is 0 Å². The molecule has 0 aliphatic carbocycles. The fourth-order valence-electron chi connectivity index (χ4n) is 1.51. The molecule has 0 amide bonds. The Morgan fingerprint density at radius 2 is 1.58 bits per heavy atom. The third-order valence-corrected chi connectivity index (χ3v) is 2.35. The van der Waals surface area contributed by atoms with Crippen molar-refractivity contribution < 1.29 is 17.5 Å². The zero-order chi connectivity index (χ0) is 14.6. The summed E-state index contributed by atoms with van der Waals surface area (Å²) in [6.45, 7) is 1.92. The van der Waals surface area contributed by atoms with Gasteiger partial charge in [0, 0.05) is 18.8 Å². The number of rotatable bonds is 1. The molecular formula is C11H14N2O5S. The van der Waals surface area contributed by atoms with Crippen LogP contribution in [0.3, 0.4) is 0 Å². The first-order valence-electron chi connectivity index (χ1n) is 5.21. The SMILES string of the molecule is Cc1cc(=O)n(-c2ccccc2)n1C.O=S(=O)(O)O. The van der Waals surface area contributed by atoms with E-state index in [1.165, 1.54) is 0 Å². The van der Waals surface area contributed by atoms with E-state index < -0.39 is 10.4 Å². The van der Waals surface area contributed by atoms with Crippen molar-refractivity contribution in [3.63, 3.8) is 0 Å². The molecule has 1 aromatic carbocycles. The number of benzene rings is 1. The molecule has 0 unspecified atom stereocenters. The Kier molecular flexibility index (Phi) is 4.65. The molecule has 0 saturated carbocycles. The molecule has 0 spiro atoms. The van der Waals surface area contributed by atoms with Crippen molar-refractivity contribution in [1.82, 2.24) is 9.36 Å². The van der Waals surface area contributed by atoms with Crippen molar-refractivity contribution in [3.05, 3.63) is 52.4 Å². The minimum absolute atomic E-state index is 0.0104. The Morgan fingerprint density at radius 3 is 1.95 bits per heavy atom. The van der Waals surface area contributed by atoms with Gasteiger partial charge in [0.25, 0.3) is 5.56 Å². The Morgan fingerprint density at radius 1 is 1.11 bits per heavy atom. The van der Waals surface area contributed by atoms with Gasteiger partial charge < -0.3 is 0 Å². The standard InChI is InChI=1S/C11H12N2O.H2O4S/c1-9-8-11(14)13(12(9)2)10-6-4-3-5-7-10;1-5(2,3)4/h3-8H,1-2H3;(H2,1,2,3,4). The van der Waals surface area contributed by atoms with Gasteiger partial charge in [-0.15, -0.1) is 0 Å². The largest absolute Gasteiger partial charge is 0.394 e. The molecule has 2 N–H and O–H groups in total. The molecule has 1 heterocycles. The van der Waals surface area contributed by atoms with Gasteiger partial charge in [-0.1, -0.05) is 18.2 Å². The first-order valence-corrected chi connectivity index (χ1v) is 6.61. The Hall–Kier alpha value is -1.90. The fraction of sp³-hybridized carbons (Fsp3) is 0.182. The van der Waals surface area contributed by atoms with Crippen LogP contribution in [0.15, 0.2) is 41.2 Å². The lowest BCUT2D eigenvalue weighted by molar-refractivity contribution is 0.381. The Labute approximate surface area is 110 Å². The van der Waals surface area contributed by atoms with Gasteiger partial charge in [0.2, 0.25) is 0 Å². The lowest BCUT2D eigenvalue weighted by Crippen LogP contribution is -2.18. The van der Waals surface area contributed by atoms with Gasteiger partial charge >= 0.3 is 10.4 Å². The highest BCUT2D eigenvalue weighted by Crippen LogP contribution is 2.04. The van der Waals surface area contributed by atoms with E-state index in [1.807, 2.05) is 49.0 Å². The van der Waals surface area contributed by atoms with Crippen molar-refractivity contribution >= 4 is 10.4 Å². The highest BCUT2D eigenvalue weighted by molar-refractivity contribution is 7.79. The molecule has 19 heavy (non-hydrogen) atoms. The van der Waals surface area contributed by atoms with E-state index in [9.17, 15) is 4.79 Å². The smallest absolute Gasteiger partial charge is 0.285 e. The number of para-hydroxylation sites is 1. The van der Waals surface area contributed by atoms with Gasteiger partial charge in [-0.2, -0.15) is 8.42 Å². The average Bonchev–Trinajstić information content (AvgIpc) is 2.52. The van der Waals surface area contributed by atoms with Gasteiger partial charge in [-0.05, 0) is 19.1 Å². The predicted octanol–water partition coefficient (Wildman–Crippen LogP) is 0.832. The molecule has 7 nitrogen and oxygen atoms in total. The Bertz CT molecular complexity index is 692. The molecule has 104 valence electrons. The maximum absolute atomic E-state index is 11.6. The average molecular weight is 286 g/mol. The number of nitrogens with zero attached hydrogens (tertiary/aromatic N) is 2. The van der Waals surface area contributed by atoms with Crippen LogP contribution in [0.5, 0.6) is 0 Å². The Balaban J connectivity index is 0.000000312. The van der Waals surface area contributed by atoms with Crippen LogP contribution >= 0.6 is 0 Å².